The zero-order valence-electron chi connectivity index (χ0n) is 14.8. The van der Waals surface area contributed by atoms with Crippen molar-refractivity contribution in [1.29, 1.82) is 0 Å². The smallest absolute Gasteiger partial charge is 0.264 e. The first kappa shape index (κ1) is 17.5. The molecule has 0 radical (unpaired) electrons. The number of nitrogens with zero attached hydrogens (tertiary/aromatic N) is 3. The largest absolute Gasteiger partial charge is 0.335 e. The van der Waals surface area contributed by atoms with Gasteiger partial charge in [-0.2, -0.15) is 5.10 Å². The van der Waals surface area contributed by atoms with Crippen molar-refractivity contribution in [1.82, 2.24) is 20.0 Å². The maximum Gasteiger partial charge on any atom is 0.264 e. The third kappa shape index (κ3) is 3.37. The van der Waals surface area contributed by atoms with Crippen molar-refractivity contribution in [3.05, 3.63) is 51.5 Å². The molecule has 4 rings (SSSR count). The summed E-state index contributed by atoms with van der Waals surface area (Å²) in [5.74, 6) is 0.122. The number of piperazine rings is 1. The normalized spacial score (nSPS) is 17.8. The fraction of sp³-hybridized carbons (Fsp3) is 0.368. The van der Waals surface area contributed by atoms with Crippen molar-refractivity contribution in [2.75, 3.05) is 19.6 Å². The van der Waals surface area contributed by atoms with Crippen LogP contribution in [0.2, 0.25) is 5.02 Å². The fourth-order valence-electron chi connectivity index (χ4n) is 3.36. The fourth-order valence-corrected chi connectivity index (χ4v) is 4.62. The van der Waals surface area contributed by atoms with Crippen LogP contribution in [-0.4, -0.2) is 46.3 Å². The molecule has 26 heavy (non-hydrogen) atoms. The van der Waals surface area contributed by atoms with Crippen LogP contribution in [-0.2, 0) is 6.54 Å². The summed E-state index contributed by atoms with van der Waals surface area (Å²) in [5, 5.41) is 9.82. The van der Waals surface area contributed by atoms with E-state index < -0.39 is 0 Å². The zero-order chi connectivity index (χ0) is 18.3. The van der Waals surface area contributed by atoms with E-state index in [-0.39, 0.29) is 5.91 Å². The molecule has 1 aliphatic rings. The molecule has 0 bridgehead atoms. The number of fused-ring (bicyclic) bond motifs is 1. The highest BCUT2D eigenvalue weighted by molar-refractivity contribution is 7.20. The van der Waals surface area contributed by atoms with E-state index in [4.69, 9.17) is 11.6 Å². The van der Waals surface area contributed by atoms with Crippen molar-refractivity contribution in [2.24, 2.45) is 0 Å². The predicted molar refractivity (Wildman–Crippen MR) is 106 cm³/mol. The summed E-state index contributed by atoms with van der Waals surface area (Å²) in [6.45, 7) is 7.13. The second-order valence-electron chi connectivity index (χ2n) is 6.81. The van der Waals surface area contributed by atoms with Gasteiger partial charge >= 0.3 is 0 Å². The lowest BCUT2D eigenvalue weighted by atomic mass is 10.2. The van der Waals surface area contributed by atoms with Gasteiger partial charge in [-0.05, 0) is 37.6 Å². The highest BCUT2D eigenvalue weighted by Crippen LogP contribution is 2.30. The minimum Gasteiger partial charge on any atom is -0.335 e. The van der Waals surface area contributed by atoms with E-state index in [1.807, 2.05) is 46.8 Å². The number of rotatable bonds is 3. The number of carbonyl (C=O) groups excluding carboxylic acids is 1. The molecule has 2 aromatic heterocycles. The molecule has 0 saturated carbocycles. The quantitative estimate of drug-likeness (QED) is 0.746. The monoisotopic (exact) mass is 388 g/mol. The first-order valence-corrected chi connectivity index (χ1v) is 9.95. The van der Waals surface area contributed by atoms with E-state index in [9.17, 15) is 4.79 Å². The molecular formula is C19H21ClN4OS. The van der Waals surface area contributed by atoms with Crippen molar-refractivity contribution in [3.63, 3.8) is 0 Å². The summed E-state index contributed by atoms with van der Waals surface area (Å²) in [6, 6.07) is 10.1. The Bertz CT molecular complexity index is 947. The molecule has 3 heterocycles. The van der Waals surface area contributed by atoms with Crippen LogP contribution in [0.1, 0.15) is 27.9 Å². The number of hydrogen-bond acceptors (Lipinski definition) is 4. The summed E-state index contributed by atoms with van der Waals surface area (Å²) < 4.78 is 1.98. The van der Waals surface area contributed by atoms with Gasteiger partial charge in [0, 0.05) is 36.1 Å². The van der Waals surface area contributed by atoms with Crippen molar-refractivity contribution in [3.8, 4) is 0 Å². The lowest BCUT2D eigenvalue weighted by molar-refractivity contribution is 0.0714. The number of aryl methyl sites for hydroxylation is 1. The van der Waals surface area contributed by atoms with Gasteiger partial charge in [-0.15, -0.1) is 11.3 Å². The van der Waals surface area contributed by atoms with Crippen molar-refractivity contribution in [2.45, 2.75) is 26.4 Å². The van der Waals surface area contributed by atoms with Crippen LogP contribution >= 0.6 is 22.9 Å². The lowest BCUT2D eigenvalue weighted by Gasteiger charge is -2.31. The van der Waals surface area contributed by atoms with E-state index in [2.05, 4.69) is 17.3 Å². The van der Waals surface area contributed by atoms with E-state index in [0.717, 1.165) is 51.0 Å². The van der Waals surface area contributed by atoms with Gasteiger partial charge in [0.1, 0.15) is 4.83 Å². The van der Waals surface area contributed by atoms with Gasteiger partial charge in [-0.25, -0.2) is 0 Å². The molecule has 1 fully saturated rings. The van der Waals surface area contributed by atoms with Crippen LogP contribution in [0, 0.1) is 6.92 Å². The molecule has 1 atom stereocenters. The molecule has 136 valence electrons. The molecule has 7 heteroatoms. The molecule has 0 aliphatic carbocycles. The third-order valence-corrected chi connectivity index (χ3v) is 6.11. The number of carbonyl (C=O) groups is 1. The number of benzene rings is 1. The average molecular weight is 389 g/mol. The summed E-state index contributed by atoms with van der Waals surface area (Å²) in [6.07, 6.45) is 0. The molecule has 3 aromatic rings. The maximum absolute atomic E-state index is 12.9. The Kier molecular flexibility index (Phi) is 4.73. The molecule has 1 aromatic carbocycles. The van der Waals surface area contributed by atoms with Gasteiger partial charge in [0.2, 0.25) is 0 Å². The minimum absolute atomic E-state index is 0.122. The molecule has 1 saturated heterocycles. The van der Waals surface area contributed by atoms with E-state index >= 15 is 0 Å². The van der Waals surface area contributed by atoms with Gasteiger partial charge in [0.05, 0.1) is 17.1 Å². The lowest BCUT2D eigenvalue weighted by Crippen LogP contribution is -2.51. The summed E-state index contributed by atoms with van der Waals surface area (Å²) in [4.78, 5) is 16.7. The first-order valence-electron chi connectivity index (χ1n) is 8.75. The van der Waals surface area contributed by atoms with Gasteiger partial charge in [-0.1, -0.05) is 23.7 Å². The van der Waals surface area contributed by atoms with Gasteiger partial charge in [-0.3, -0.25) is 9.48 Å². The van der Waals surface area contributed by atoms with Crippen LogP contribution in [0.4, 0.5) is 0 Å². The van der Waals surface area contributed by atoms with Crippen LogP contribution in [0.3, 0.4) is 0 Å². The van der Waals surface area contributed by atoms with Crippen molar-refractivity contribution < 1.29 is 4.79 Å². The Morgan fingerprint density at radius 3 is 2.88 bits per heavy atom. The molecule has 1 aliphatic heterocycles. The zero-order valence-corrected chi connectivity index (χ0v) is 16.4. The summed E-state index contributed by atoms with van der Waals surface area (Å²) in [7, 11) is 0. The number of aromatic nitrogens is 2. The van der Waals surface area contributed by atoms with Crippen LogP contribution in [0.5, 0.6) is 0 Å². The summed E-state index contributed by atoms with van der Waals surface area (Å²) >= 11 is 7.50. The number of thiophene rings is 1. The third-order valence-electron chi connectivity index (χ3n) is 4.72. The highest BCUT2D eigenvalue weighted by Gasteiger charge is 2.24. The highest BCUT2D eigenvalue weighted by atomic mass is 35.5. The Balaban J connectivity index is 1.62. The number of halogens is 1. The summed E-state index contributed by atoms with van der Waals surface area (Å²) in [5.41, 5.74) is 2.09. The Morgan fingerprint density at radius 1 is 1.38 bits per heavy atom. The number of hydrogen-bond donors (Lipinski definition) is 1. The molecule has 1 unspecified atom stereocenters. The van der Waals surface area contributed by atoms with Gasteiger partial charge < -0.3 is 10.2 Å². The second-order valence-corrected chi connectivity index (χ2v) is 8.27. The molecular weight excluding hydrogens is 368 g/mol. The molecule has 1 amide bonds. The van der Waals surface area contributed by atoms with E-state index in [1.165, 1.54) is 11.3 Å². The number of nitrogens with one attached hydrogen (secondary N) is 1. The topological polar surface area (TPSA) is 50.2 Å². The van der Waals surface area contributed by atoms with Gasteiger partial charge in [0.25, 0.3) is 5.91 Å². The Labute approximate surface area is 161 Å². The second kappa shape index (κ2) is 7.02. The van der Waals surface area contributed by atoms with Gasteiger partial charge in [0.15, 0.2) is 0 Å². The Hall–Kier alpha value is -1.89. The maximum atomic E-state index is 12.9. The molecule has 0 spiro atoms. The standard InChI is InChI=1S/C19H21ClN4OS/c1-12-10-23(8-7-21-12)18(25)17-9-16-13(2)22-24(19(16)26-17)11-14-3-5-15(20)6-4-14/h3-6,9,12,21H,7-8,10-11H2,1-2H3. The minimum atomic E-state index is 0.122. The Morgan fingerprint density at radius 2 is 2.15 bits per heavy atom. The van der Waals surface area contributed by atoms with Crippen LogP contribution in [0.15, 0.2) is 30.3 Å². The molecule has 5 nitrogen and oxygen atoms in total. The van der Waals surface area contributed by atoms with E-state index in [0.29, 0.717) is 12.6 Å². The molecule has 1 N–H and O–H groups in total. The van der Waals surface area contributed by atoms with Crippen molar-refractivity contribution >= 4 is 39.1 Å². The predicted octanol–water partition coefficient (Wildman–Crippen LogP) is 3.54. The van der Waals surface area contributed by atoms with Crippen LogP contribution < -0.4 is 5.32 Å². The van der Waals surface area contributed by atoms with Crippen LogP contribution in [0.25, 0.3) is 10.2 Å². The SMILES string of the molecule is Cc1nn(Cc2ccc(Cl)cc2)c2sc(C(=O)N3CCNC(C)C3)cc12. The van der Waals surface area contributed by atoms with E-state index in [1.54, 1.807) is 0 Å². The first-order chi connectivity index (χ1) is 12.5. The number of amides is 1. The average Bonchev–Trinajstić information content (AvgIpc) is 3.18.